The number of hydrogen-bond acceptors (Lipinski definition) is 5. The summed E-state index contributed by atoms with van der Waals surface area (Å²) in [5, 5.41) is 14.9. The van der Waals surface area contributed by atoms with Crippen LogP contribution in [-0.2, 0) is 0 Å². The van der Waals surface area contributed by atoms with Crippen molar-refractivity contribution >= 4 is 34.2 Å². The minimum atomic E-state index is -0.839. The normalized spacial score (nSPS) is 26.6. The Bertz CT molecular complexity index is 966. The Kier molecular flexibility index (Phi) is 6.42. The number of aliphatic hydroxyl groups is 1. The summed E-state index contributed by atoms with van der Waals surface area (Å²) in [5.41, 5.74) is 0.345. The van der Waals surface area contributed by atoms with Crippen molar-refractivity contribution in [1.82, 2.24) is 15.2 Å². The van der Waals surface area contributed by atoms with Gasteiger partial charge in [0.05, 0.1) is 21.7 Å². The number of fused-ring (bicyclic) bond motifs is 1. The molecule has 2 aliphatic rings. The Labute approximate surface area is 189 Å². The van der Waals surface area contributed by atoms with E-state index in [9.17, 15) is 9.90 Å². The molecule has 31 heavy (non-hydrogen) atoms. The number of nitrogens with zero attached hydrogens (tertiary/aromatic N) is 3. The molecule has 1 aromatic heterocycles. The molecule has 3 atom stereocenters. The smallest absolute Gasteiger partial charge is 0.253 e. The van der Waals surface area contributed by atoms with Crippen LogP contribution in [0.3, 0.4) is 0 Å². The molecule has 1 aliphatic carbocycles. The first kappa shape index (κ1) is 22.3. The molecule has 1 aliphatic heterocycles. The van der Waals surface area contributed by atoms with Crippen LogP contribution in [0.1, 0.15) is 49.4 Å². The standard InChI is InChI=1S/C24H33ClN4O2/c1-16-5-4-11-24(31,13-16)15-26-23(30)22-18-6-9-21(27-20(18)8-7-19(22)25)29-12-10-17(14-29)28(2)3/h6-9,16-17,31H,4-5,10-15H2,1-3H3,(H,26,30)/t16-,17+,24-/m0/s1. The van der Waals surface area contributed by atoms with Gasteiger partial charge in [-0.1, -0.05) is 31.4 Å². The van der Waals surface area contributed by atoms with Crippen LogP contribution in [0.4, 0.5) is 5.82 Å². The van der Waals surface area contributed by atoms with Gasteiger partial charge in [-0.15, -0.1) is 0 Å². The zero-order valence-electron chi connectivity index (χ0n) is 18.7. The van der Waals surface area contributed by atoms with Crippen molar-refractivity contribution in [3.63, 3.8) is 0 Å². The van der Waals surface area contributed by atoms with Gasteiger partial charge in [0.25, 0.3) is 5.91 Å². The van der Waals surface area contributed by atoms with E-state index in [0.717, 1.165) is 55.5 Å². The quantitative estimate of drug-likeness (QED) is 0.735. The van der Waals surface area contributed by atoms with Crippen LogP contribution in [0, 0.1) is 5.92 Å². The first-order valence-electron chi connectivity index (χ1n) is 11.3. The molecule has 0 radical (unpaired) electrons. The van der Waals surface area contributed by atoms with Crippen molar-refractivity contribution in [2.24, 2.45) is 5.92 Å². The van der Waals surface area contributed by atoms with Crippen LogP contribution >= 0.6 is 11.6 Å². The lowest BCUT2D eigenvalue weighted by Gasteiger charge is -2.35. The predicted octanol–water partition coefficient (Wildman–Crippen LogP) is 3.70. The van der Waals surface area contributed by atoms with E-state index in [0.29, 0.717) is 29.0 Å². The van der Waals surface area contributed by atoms with Crippen LogP contribution in [0.5, 0.6) is 0 Å². The largest absolute Gasteiger partial charge is 0.388 e. The second-order valence-electron chi connectivity index (χ2n) is 9.62. The van der Waals surface area contributed by atoms with Gasteiger partial charge in [0.1, 0.15) is 5.82 Å². The molecule has 6 nitrogen and oxygen atoms in total. The van der Waals surface area contributed by atoms with Gasteiger partial charge in [-0.2, -0.15) is 0 Å². The first-order chi connectivity index (χ1) is 14.8. The zero-order chi connectivity index (χ0) is 22.2. The Morgan fingerprint density at radius 2 is 2.13 bits per heavy atom. The number of anilines is 1. The van der Waals surface area contributed by atoms with Gasteiger partial charge in [-0.05, 0) is 63.5 Å². The molecule has 0 spiro atoms. The van der Waals surface area contributed by atoms with Gasteiger partial charge in [0.2, 0.25) is 0 Å². The minimum Gasteiger partial charge on any atom is -0.388 e. The van der Waals surface area contributed by atoms with Gasteiger partial charge in [0.15, 0.2) is 0 Å². The third kappa shape index (κ3) is 4.81. The fourth-order valence-corrected chi connectivity index (χ4v) is 5.32. The third-order valence-corrected chi connectivity index (χ3v) is 7.21. The summed E-state index contributed by atoms with van der Waals surface area (Å²) in [6.07, 6.45) is 4.66. The van der Waals surface area contributed by atoms with Crippen molar-refractivity contribution in [1.29, 1.82) is 0 Å². The number of benzene rings is 1. The second kappa shape index (κ2) is 8.93. The highest BCUT2D eigenvalue weighted by atomic mass is 35.5. The van der Waals surface area contributed by atoms with Crippen molar-refractivity contribution in [2.75, 3.05) is 38.6 Å². The molecule has 2 aromatic rings. The van der Waals surface area contributed by atoms with E-state index in [4.69, 9.17) is 16.6 Å². The summed E-state index contributed by atoms with van der Waals surface area (Å²) in [6.45, 7) is 4.31. The number of pyridine rings is 1. The average Bonchev–Trinajstić information content (AvgIpc) is 3.22. The Hall–Kier alpha value is -1.89. The Balaban J connectivity index is 1.53. The average molecular weight is 445 g/mol. The van der Waals surface area contributed by atoms with Crippen LogP contribution < -0.4 is 10.2 Å². The number of aromatic nitrogens is 1. The maximum absolute atomic E-state index is 13.1. The predicted molar refractivity (Wildman–Crippen MR) is 126 cm³/mol. The van der Waals surface area contributed by atoms with Crippen LogP contribution in [-0.4, -0.2) is 66.3 Å². The highest BCUT2D eigenvalue weighted by molar-refractivity contribution is 6.35. The van der Waals surface area contributed by atoms with E-state index in [2.05, 4.69) is 36.1 Å². The number of rotatable bonds is 5. The molecular formula is C24H33ClN4O2. The lowest BCUT2D eigenvalue weighted by atomic mass is 9.79. The molecule has 0 unspecified atom stereocenters. The second-order valence-corrected chi connectivity index (χ2v) is 10.0. The summed E-state index contributed by atoms with van der Waals surface area (Å²) >= 11 is 6.43. The molecule has 1 aromatic carbocycles. The van der Waals surface area contributed by atoms with Crippen molar-refractivity contribution in [2.45, 2.75) is 50.7 Å². The topological polar surface area (TPSA) is 68.7 Å². The Morgan fingerprint density at radius 3 is 2.84 bits per heavy atom. The lowest BCUT2D eigenvalue weighted by molar-refractivity contribution is -0.0109. The molecule has 2 fully saturated rings. The molecule has 1 amide bonds. The number of amides is 1. The molecular weight excluding hydrogens is 412 g/mol. The fourth-order valence-electron chi connectivity index (χ4n) is 5.07. The summed E-state index contributed by atoms with van der Waals surface area (Å²) in [5.74, 6) is 1.14. The van der Waals surface area contributed by atoms with E-state index in [1.807, 2.05) is 18.2 Å². The number of halogens is 1. The summed E-state index contributed by atoms with van der Waals surface area (Å²) in [7, 11) is 4.22. The van der Waals surface area contributed by atoms with E-state index >= 15 is 0 Å². The van der Waals surface area contributed by atoms with Crippen molar-refractivity contribution < 1.29 is 9.90 Å². The zero-order valence-corrected chi connectivity index (χ0v) is 19.5. The third-order valence-electron chi connectivity index (χ3n) is 6.90. The van der Waals surface area contributed by atoms with E-state index in [1.54, 1.807) is 6.07 Å². The summed E-state index contributed by atoms with van der Waals surface area (Å²) < 4.78 is 0. The summed E-state index contributed by atoms with van der Waals surface area (Å²) in [6, 6.07) is 8.05. The number of hydrogen-bond donors (Lipinski definition) is 2. The summed E-state index contributed by atoms with van der Waals surface area (Å²) in [4.78, 5) is 22.4. The molecule has 2 heterocycles. The molecule has 0 bridgehead atoms. The number of carbonyl (C=O) groups excluding carboxylic acids is 1. The van der Waals surface area contributed by atoms with Gasteiger partial charge >= 0.3 is 0 Å². The van der Waals surface area contributed by atoms with E-state index in [-0.39, 0.29) is 12.5 Å². The number of nitrogens with one attached hydrogen (secondary N) is 1. The first-order valence-corrected chi connectivity index (χ1v) is 11.6. The van der Waals surface area contributed by atoms with Gasteiger partial charge in [0, 0.05) is 31.1 Å². The van der Waals surface area contributed by atoms with E-state index in [1.165, 1.54) is 0 Å². The number of likely N-dealkylation sites (N-methyl/N-ethyl adjacent to an activating group) is 1. The van der Waals surface area contributed by atoms with Crippen LogP contribution in [0.25, 0.3) is 10.9 Å². The molecule has 1 saturated heterocycles. The van der Waals surface area contributed by atoms with Gasteiger partial charge < -0.3 is 20.2 Å². The molecule has 2 N–H and O–H groups in total. The van der Waals surface area contributed by atoms with Gasteiger partial charge in [-0.3, -0.25) is 4.79 Å². The number of carbonyl (C=O) groups is 1. The maximum atomic E-state index is 13.1. The minimum absolute atomic E-state index is 0.244. The van der Waals surface area contributed by atoms with Crippen molar-refractivity contribution in [3.8, 4) is 0 Å². The lowest BCUT2D eigenvalue weighted by Crippen LogP contribution is -2.45. The maximum Gasteiger partial charge on any atom is 0.253 e. The molecule has 4 rings (SSSR count). The highest BCUT2D eigenvalue weighted by Gasteiger charge is 2.33. The van der Waals surface area contributed by atoms with Crippen molar-refractivity contribution in [3.05, 3.63) is 34.9 Å². The van der Waals surface area contributed by atoms with E-state index < -0.39 is 5.60 Å². The molecule has 1 saturated carbocycles. The van der Waals surface area contributed by atoms with Crippen LogP contribution in [0.2, 0.25) is 5.02 Å². The SMILES string of the molecule is C[C@H]1CCC[C@@](O)(CNC(=O)c2c(Cl)ccc3nc(N4CC[C@@H](N(C)C)C4)ccc23)C1. The molecule has 7 heteroatoms. The monoisotopic (exact) mass is 444 g/mol. The van der Waals surface area contributed by atoms with Crippen LogP contribution in [0.15, 0.2) is 24.3 Å². The molecule has 168 valence electrons. The Morgan fingerprint density at radius 1 is 1.32 bits per heavy atom. The van der Waals surface area contributed by atoms with Gasteiger partial charge in [-0.25, -0.2) is 4.98 Å². The fraction of sp³-hybridized carbons (Fsp3) is 0.583. The highest BCUT2D eigenvalue weighted by Crippen LogP contribution is 2.32.